The molecule has 0 saturated heterocycles. The molecule has 1 saturated carbocycles. The Morgan fingerprint density at radius 3 is 2.84 bits per heavy atom. The first-order valence-electron chi connectivity index (χ1n) is 8.96. The first-order chi connectivity index (χ1) is 12.2. The number of carbonyl (C=O) groups is 1. The van der Waals surface area contributed by atoms with Crippen LogP contribution in [-0.4, -0.2) is 32.4 Å². The number of fused-ring (bicyclic) bond motifs is 1. The quantitative estimate of drug-likeness (QED) is 0.427. The number of aryl methyl sites for hydroxylation is 1. The highest BCUT2D eigenvalue weighted by molar-refractivity contribution is 5.91. The van der Waals surface area contributed by atoms with E-state index in [0.29, 0.717) is 12.3 Å². The third-order valence-electron chi connectivity index (χ3n) is 4.85. The van der Waals surface area contributed by atoms with Gasteiger partial charge in [-0.3, -0.25) is 10.0 Å². The number of imidazole rings is 1. The SMILES string of the molecule is O=C(C=Cc1ccc2c(c1)nc(C1CCCCC1)n2CCCO)NO. The van der Waals surface area contributed by atoms with Crippen LogP contribution in [0, 0.1) is 0 Å². The lowest BCUT2D eigenvalue weighted by molar-refractivity contribution is -0.124. The van der Waals surface area contributed by atoms with Gasteiger partial charge in [-0.05, 0) is 43.0 Å². The van der Waals surface area contributed by atoms with Crippen LogP contribution >= 0.6 is 0 Å². The van der Waals surface area contributed by atoms with E-state index >= 15 is 0 Å². The fourth-order valence-electron chi connectivity index (χ4n) is 3.61. The molecule has 1 aliphatic rings. The summed E-state index contributed by atoms with van der Waals surface area (Å²) in [5.74, 6) is 1.05. The molecule has 1 heterocycles. The zero-order valence-electron chi connectivity index (χ0n) is 14.3. The number of hydrogen-bond acceptors (Lipinski definition) is 4. The molecule has 6 nitrogen and oxygen atoms in total. The number of nitrogens with one attached hydrogen (secondary N) is 1. The fourth-order valence-corrected chi connectivity index (χ4v) is 3.61. The van der Waals surface area contributed by atoms with Crippen molar-refractivity contribution in [3.8, 4) is 0 Å². The second-order valence-electron chi connectivity index (χ2n) is 6.59. The van der Waals surface area contributed by atoms with E-state index in [2.05, 4.69) is 4.57 Å². The monoisotopic (exact) mass is 343 g/mol. The van der Waals surface area contributed by atoms with Crippen molar-refractivity contribution in [1.82, 2.24) is 15.0 Å². The van der Waals surface area contributed by atoms with E-state index in [-0.39, 0.29) is 6.61 Å². The minimum atomic E-state index is -0.559. The fraction of sp³-hybridized carbons (Fsp3) is 0.474. The summed E-state index contributed by atoms with van der Waals surface area (Å²) in [6.45, 7) is 0.932. The van der Waals surface area contributed by atoms with Gasteiger partial charge in [0.05, 0.1) is 11.0 Å². The summed E-state index contributed by atoms with van der Waals surface area (Å²) in [4.78, 5) is 16.0. The van der Waals surface area contributed by atoms with Crippen molar-refractivity contribution in [2.45, 2.75) is 51.0 Å². The van der Waals surface area contributed by atoms with Gasteiger partial charge in [0.2, 0.25) is 0 Å². The van der Waals surface area contributed by atoms with E-state index in [4.69, 9.17) is 10.2 Å². The van der Waals surface area contributed by atoms with Crippen molar-refractivity contribution in [2.75, 3.05) is 6.61 Å². The van der Waals surface area contributed by atoms with Gasteiger partial charge in [-0.2, -0.15) is 0 Å². The largest absolute Gasteiger partial charge is 0.396 e. The molecule has 0 atom stereocenters. The smallest absolute Gasteiger partial charge is 0.267 e. The predicted octanol–water partition coefficient (Wildman–Crippen LogP) is 2.98. The molecular formula is C19H25N3O3. The van der Waals surface area contributed by atoms with Gasteiger partial charge in [-0.1, -0.05) is 25.3 Å². The number of aliphatic hydroxyl groups excluding tert-OH is 1. The van der Waals surface area contributed by atoms with E-state index in [1.54, 1.807) is 11.6 Å². The van der Waals surface area contributed by atoms with Crippen molar-refractivity contribution in [2.24, 2.45) is 0 Å². The van der Waals surface area contributed by atoms with Crippen molar-refractivity contribution < 1.29 is 15.1 Å². The molecule has 2 aromatic rings. The Labute approximate surface area is 147 Å². The van der Waals surface area contributed by atoms with E-state index in [0.717, 1.165) is 29.0 Å². The standard InChI is InChI=1S/C19H25N3O3/c23-12-4-11-22-17-9-7-14(8-10-18(24)21-25)13-16(17)20-19(22)15-5-2-1-3-6-15/h7-10,13,15,23,25H,1-6,11-12H2,(H,21,24). The van der Waals surface area contributed by atoms with Gasteiger partial charge in [-0.15, -0.1) is 0 Å². The average Bonchev–Trinajstić information content (AvgIpc) is 3.02. The van der Waals surface area contributed by atoms with Crippen LogP contribution in [0.3, 0.4) is 0 Å². The van der Waals surface area contributed by atoms with E-state index in [1.807, 2.05) is 18.2 Å². The van der Waals surface area contributed by atoms with Crippen LogP contribution in [0.4, 0.5) is 0 Å². The molecule has 0 spiro atoms. The Balaban J connectivity index is 1.96. The maximum absolute atomic E-state index is 11.1. The lowest BCUT2D eigenvalue weighted by Crippen LogP contribution is -2.14. The first kappa shape index (κ1) is 17.6. The highest BCUT2D eigenvalue weighted by Gasteiger charge is 2.22. The van der Waals surface area contributed by atoms with Crippen molar-refractivity contribution in [3.63, 3.8) is 0 Å². The number of nitrogens with zero attached hydrogens (tertiary/aromatic N) is 2. The van der Waals surface area contributed by atoms with Crippen LogP contribution in [0.25, 0.3) is 17.1 Å². The lowest BCUT2D eigenvalue weighted by Gasteiger charge is -2.22. The lowest BCUT2D eigenvalue weighted by atomic mass is 9.88. The summed E-state index contributed by atoms with van der Waals surface area (Å²) in [5, 5.41) is 17.8. The van der Waals surface area contributed by atoms with E-state index in [9.17, 15) is 9.90 Å². The van der Waals surface area contributed by atoms with Crippen LogP contribution in [-0.2, 0) is 11.3 Å². The van der Waals surface area contributed by atoms with E-state index in [1.165, 1.54) is 38.2 Å². The molecule has 6 heteroatoms. The highest BCUT2D eigenvalue weighted by atomic mass is 16.5. The summed E-state index contributed by atoms with van der Waals surface area (Å²) < 4.78 is 2.25. The van der Waals surface area contributed by atoms with Crippen molar-refractivity contribution in [3.05, 3.63) is 35.7 Å². The Morgan fingerprint density at radius 2 is 2.12 bits per heavy atom. The van der Waals surface area contributed by atoms with Crippen LogP contribution in [0.15, 0.2) is 24.3 Å². The molecule has 25 heavy (non-hydrogen) atoms. The Kier molecular flexibility index (Phi) is 5.83. The third kappa shape index (κ3) is 4.08. The molecule has 0 unspecified atom stereocenters. The number of hydrogen-bond donors (Lipinski definition) is 3. The number of carbonyl (C=O) groups excluding carboxylic acids is 1. The molecule has 1 fully saturated rings. The molecular weight excluding hydrogens is 318 g/mol. The number of benzene rings is 1. The summed E-state index contributed by atoms with van der Waals surface area (Å²) in [7, 11) is 0. The van der Waals surface area contributed by atoms with Gasteiger partial charge in [-0.25, -0.2) is 10.5 Å². The molecule has 3 rings (SSSR count). The number of aromatic nitrogens is 2. The molecule has 1 aromatic heterocycles. The van der Waals surface area contributed by atoms with Gasteiger partial charge < -0.3 is 9.67 Å². The number of hydroxylamine groups is 1. The predicted molar refractivity (Wildman–Crippen MR) is 96.2 cm³/mol. The highest BCUT2D eigenvalue weighted by Crippen LogP contribution is 2.34. The van der Waals surface area contributed by atoms with Crippen LogP contribution < -0.4 is 5.48 Å². The zero-order valence-corrected chi connectivity index (χ0v) is 14.3. The maximum atomic E-state index is 11.1. The first-order valence-corrected chi connectivity index (χ1v) is 8.96. The molecule has 0 bridgehead atoms. The topological polar surface area (TPSA) is 87.4 Å². The molecule has 0 radical (unpaired) electrons. The molecule has 1 aliphatic carbocycles. The molecule has 0 aliphatic heterocycles. The number of rotatable bonds is 6. The van der Waals surface area contributed by atoms with Gasteiger partial charge in [0, 0.05) is 25.1 Å². The Hall–Kier alpha value is -2.18. The summed E-state index contributed by atoms with van der Waals surface area (Å²) in [6, 6.07) is 5.91. The molecule has 1 amide bonds. The minimum absolute atomic E-state index is 0.168. The van der Waals surface area contributed by atoms with E-state index < -0.39 is 5.91 Å². The molecule has 134 valence electrons. The Morgan fingerprint density at radius 1 is 1.32 bits per heavy atom. The van der Waals surface area contributed by atoms with Gasteiger partial charge in [0.1, 0.15) is 5.82 Å². The van der Waals surface area contributed by atoms with Crippen LogP contribution in [0.1, 0.15) is 55.8 Å². The average molecular weight is 343 g/mol. The normalized spacial score (nSPS) is 15.9. The zero-order chi connectivity index (χ0) is 17.6. The summed E-state index contributed by atoms with van der Waals surface area (Å²) in [5.41, 5.74) is 4.42. The van der Waals surface area contributed by atoms with Gasteiger partial charge >= 0.3 is 0 Å². The third-order valence-corrected chi connectivity index (χ3v) is 4.85. The second-order valence-corrected chi connectivity index (χ2v) is 6.59. The Bertz CT molecular complexity index is 761. The summed E-state index contributed by atoms with van der Waals surface area (Å²) >= 11 is 0. The summed E-state index contributed by atoms with van der Waals surface area (Å²) in [6.07, 6.45) is 9.79. The van der Waals surface area contributed by atoms with Gasteiger partial charge in [0.25, 0.3) is 5.91 Å². The minimum Gasteiger partial charge on any atom is -0.396 e. The number of amides is 1. The molecule has 3 N–H and O–H groups in total. The van der Waals surface area contributed by atoms with Gasteiger partial charge in [0.15, 0.2) is 0 Å². The molecule has 1 aromatic carbocycles. The van der Waals surface area contributed by atoms with Crippen molar-refractivity contribution >= 4 is 23.0 Å². The van der Waals surface area contributed by atoms with Crippen molar-refractivity contribution in [1.29, 1.82) is 0 Å². The second kappa shape index (κ2) is 8.27. The maximum Gasteiger partial charge on any atom is 0.267 e. The van der Waals surface area contributed by atoms with Crippen LogP contribution in [0.2, 0.25) is 0 Å². The van der Waals surface area contributed by atoms with Crippen LogP contribution in [0.5, 0.6) is 0 Å². The number of aliphatic hydroxyl groups is 1.